The summed E-state index contributed by atoms with van der Waals surface area (Å²) < 4.78 is 28.9. The smallest absolute Gasteiger partial charge is 0.218 e. The lowest BCUT2D eigenvalue weighted by molar-refractivity contribution is 0.181. The van der Waals surface area contributed by atoms with Gasteiger partial charge in [0.25, 0.3) is 0 Å². The minimum absolute atomic E-state index is 0.0443. The number of aromatic nitrogens is 2. The van der Waals surface area contributed by atoms with Gasteiger partial charge in [-0.05, 0) is 24.6 Å². The molecule has 30 heavy (non-hydrogen) atoms. The number of nitrogens with zero attached hydrogens (tertiary/aromatic N) is 4. The van der Waals surface area contributed by atoms with E-state index in [4.69, 9.17) is 11.6 Å². The van der Waals surface area contributed by atoms with E-state index < -0.39 is 10.0 Å². The Morgan fingerprint density at radius 1 is 0.933 bits per heavy atom. The molecule has 0 unspecified atom stereocenters. The van der Waals surface area contributed by atoms with E-state index in [-0.39, 0.29) is 5.75 Å². The molecule has 1 aromatic heterocycles. The van der Waals surface area contributed by atoms with Gasteiger partial charge < -0.3 is 0 Å². The molecular weight excluding hydrogens is 420 g/mol. The van der Waals surface area contributed by atoms with Gasteiger partial charge in [0, 0.05) is 38.3 Å². The van der Waals surface area contributed by atoms with E-state index >= 15 is 0 Å². The Morgan fingerprint density at radius 3 is 2.17 bits per heavy atom. The molecular formula is C22H25ClN4O2S. The maximum atomic E-state index is 12.8. The van der Waals surface area contributed by atoms with Crippen LogP contribution in [0.1, 0.15) is 16.8 Å². The van der Waals surface area contributed by atoms with E-state index in [0.29, 0.717) is 37.9 Å². The number of aryl methyl sites for hydroxylation is 1. The molecule has 2 aromatic carbocycles. The second-order valence-electron chi connectivity index (χ2n) is 7.52. The number of sulfonamides is 1. The predicted octanol–water partition coefficient (Wildman–Crippen LogP) is 3.48. The minimum Gasteiger partial charge on any atom is -0.296 e. The molecule has 1 aliphatic rings. The average Bonchev–Trinajstić information content (AvgIpc) is 3.03. The Hall–Kier alpha value is -2.19. The van der Waals surface area contributed by atoms with Gasteiger partial charge in [-0.3, -0.25) is 4.90 Å². The molecule has 8 heteroatoms. The van der Waals surface area contributed by atoms with Crippen LogP contribution in [0.2, 0.25) is 5.15 Å². The van der Waals surface area contributed by atoms with Gasteiger partial charge in [0.05, 0.1) is 17.1 Å². The molecule has 0 bridgehead atoms. The third-order valence-corrected chi connectivity index (χ3v) is 7.66. The van der Waals surface area contributed by atoms with Gasteiger partial charge in [-0.1, -0.05) is 60.1 Å². The van der Waals surface area contributed by atoms with Crippen LogP contribution in [-0.4, -0.2) is 53.6 Å². The largest absolute Gasteiger partial charge is 0.296 e. The molecule has 2 heterocycles. The summed E-state index contributed by atoms with van der Waals surface area (Å²) >= 11 is 6.64. The second kappa shape index (κ2) is 8.89. The number of hydrogen-bond donors (Lipinski definition) is 0. The van der Waals surface area contributed by atoms with Gasteiger partial charge in [0.15, 0.2) is 0 Å². The van der Waals surface area contributed by atoms with Crippen molar-refractivity contribution in [3.05, 3.63) is 82.6 Å². The van der Waals surface area contributed by atoms with Crippen LogP contribution in [0.15, 0.2) is 60.7 Å². The first-order valence-electron chi connectivity index (χ1n) is 9.97. The highest BCUT2D eigenvalue weighted by Crippen LogP contribution is 2.25. The fraction of sp³-hybridized carbons (Fsp3) is 0.318. The molecule has 1 saturated heterocycles. The number of halogens is 1. The van der Waals surface area contributed by atoms with Crippen molar-refractivity contribution in [1.82, 2.24) is 19.0 Å². The standard InChI is InChI=1S/C22H25ClN4O2S/c1-18-21(22(23)27(24-18)20-10-6-3-7-11-20)16-25-12-14-26(15-13-25)30(28,29)17-19-8-4-2-5-9-19/h2-11H,12-17H2,1H3. The van der Waals surface area contributed by atoms with Gasteiger partial charge in [0.2, 0.25) is 10.0 Å². The third kappa shape index (κ3) is 4.59. The van der Waals surface area contributed by atoms with Gasteiger partial charge in [0.1, 0.15) is 5.15 Å². The molecule has 4 rings (SSSR count). The molecule has 0 spiro atoms. The fourth-order valence-electron chi connectivity index (χ4n) is 3.72. The predicted molar refractivity (Wildman–Crippen MR) is 119 cm³/mol. The van der Waals surface area contributed by atoms with Crippen molar-refractivity contribution in [2.75, 3.05) is 26.2 Å². The number of benzene rings is 2. The summed E-state index contributed by atoms with van der Waals surface area (Å²) in [7, 11) is -3.32. The van der Waals surface area contributed by atoms with Gasteiger partial charge in [-0.2, -0.15) is 9.40 Å². The summed E-state index contributed by atoms with van der Waals surface area (Å²) in [6.45, 7) is 4.92. The monoisotopic (exact) mass is 444 g/mol. The molecule has 3 aromatic rings. The third-order valence-electron chi connectivity index (χ3n) is 5.42. The topological polar surface area (TPSA) is 58.4 Å². The Bertz CT molecular complexity index is 1090. The molecule has 1 fully saturated rings. The van der Waals surface area contributed by atoms with Crippen molar-refractivity contribution in [3.8, 4) is 5.69 Å². The lowest BCUT2D eigenvalue weighted by atomic mass is 10.2. The molecule has 0 aliphatic carbocycles. The molecule has 6 nitrogen and oxygen atoms in total. The highest BCUT2D eigenvalue weighted by Gasteiger charge is 2.28. The molecule has 0 N–H and O–H groups in total. The van der Waals surface area contributed by atoms with Crippen molar-refractivity contribution in [1.29, 1.82) is 0 Å². The van der Waals surface area contributed by atoms with Crippen LogP contribution in [0.3, 0.4) is 0 Å². The van der Waals surface area contributed by atoms with Crippen LogP contribution < -0.4 is 0 Å². The van der Waals surface area contributed by atoms with Crippen LogP contribution >= 0.6 is 11.6 Å². The number of para-hydroxylation sites is 1. The Labute approximate surface area is 182 Å². The first-order chi connectivity index (χ1) is 14.4. The van der Waals surface area contributed by atoms with Crippen LogP contribution in [0.5, 0.6) is 0 Å². The molecule has 158 valence electrons. The Kier molecular flexibility index (Phi) is 6.24. The molecule has 0 saturated carbocycles. The Balaban J connectivity index is 1.40. The zero-order valence-corrected chi connectivity index (χ0v) is 18.5. The van der Waals surface area contributed by atoms with Gasteiger partial charge >= 0.3 is 0 Å². The highest BCUT2D eigenvalue weighted by atomic mass is 35.5. The van der Waals surface area contributed by atoms with Crippen LogP contribution in [0.4, 0.5) is 0 Å². The minimum atomic E-state index is -3.32. The maximum Gasteiger partial charge on any atom is 0.218 e. The summed E-state index contributed by atoms with van der Waals surface area (Å²) in [5.41, 5.74) is 3.62. The normalized spacial score (nSPS) is 16.1. The van der Waals surface area contributed by atoms with E-state index in [0.717, 1.165) is 22.5 Å². The lowest BCUT2D eigenvalue weighted by Gasteiger charge is -2.34. The van der Waals surface area contributed by atoms with Gasteiger partial charge in [-0.25, -0.2) is 13.1 Å². The van der Waals surface area contributed by atoms with Crippen LogP contribution in [0.25, 0.3) is 5.69 Å². The molecule has 1 aliphatic heterocycles. The van der Waals surface area contributed by atoms with E-state index in [9.17, 15) is 8.42 Å². The zero-order valence-electron chi connectivity index (χ0n) is 16.9. The van der Waals surface area contributed by atoms with E-state index in [2.05, 4.69) is 10.00 Å². The quantitative estimate of drug-likeness (QED) is 0.584. The number of hydrogen-bond acceptors (Lipinski definition) is 4. The van der Waals surface area contributed by atoms with Crippen molar-refractivity contribution in [3.63, 3.8) is 0 Å². The first kappa shape index (κ1) is 21.1. The van der Waals surface area contributed by atoms with E-state index in [1.807, 2.05) is 67.6 Å². The van der Waals surface area contributed by atoms with E-state index in [1.54, 1.807) is 8.99 Å². The van der Waals surface area contributed by atoms with Crippen LogP contribution in [0, 0.1) is 6.92 Å². The molecule has 0 radical (unpaired) electrons. The average molecular weight is 445 g/mol. The summed E-state index contributed by atoms with van der Waals surface area (Å²) in [5.74, 6) is 0.0443. The number of rotatable bonds is 6. The molecule has 0 amide bonds. The van der Waals surface area contributed by atoms with Crippen molar-refractivity contribution < 1.29 is 8.42 Å². The van der Waals surface area contributed by atoms with Crippen LogP contribution in [-0.2, 0) is 22.3 Å². The summed E-state index contributed by atoms with van der Waals surface area (Å²) in [6, 6.07) is 19.1. The lowest BCUT2D eigenvalue weighted by Crippen LogP contribution is -2.48. The SMILES string of the molecule is Cc1nn(-c2ccccc2)c(Cl)c1CN1CCN(S(=O)(=O)Cc2ccccc2)CC1. The van der Waals surface area contributed by atoms with Crippen molar-refractivity contribution in [2.24, 2.45) is 0 Å². The summed E-state index contributed by atoms with van der Waals surface area (Å²) in [4.78, 5) is 2.24. The van der Waals surface area contributed by atoms with E-state index in [1.165, 1.54) is 0 Å². The van der Waals surface area contributed by atoms with Gasteiger partial charge in [-0.15, -0.1) is 0 Å². The highest BCUT2D eigenvalue weighted by molar-refractivity contribution is 7.88. The summed E-state index contributed by atoms with van der Waals surface area (Å²) in [5, 5.41) is 5.21. The second-order valence-corrected chi connectivity index (χ2v) is 9.85. The Morgan fingerprint density at radius 2 is 1.53 bits per heavy atom. The fourth-order valence-corrected chi connectivity index (χ4v) is 5.56. The number of piperazine rings is 1. The summed E-state index contributed by atoms with van der Waals surface area (Å²) in [6.07, 6.45) is 0. The van der Waals surface area contributed by atoms with Crippen molar-refractivity contribution >= 4 is 21.6 Å². The molecule has 0 atom stereocenters. The maximum absolute atomic E-state index is 12.8. The zero-order chi connectivity index (χ0) is 21.1. The van der Waals surface area contributed by atoms with Crippen molar-refractivity contribution in [2.45, 2.75) is 19.2 Å². The first-order valence-corrected chi connectivity index (χ1v) is 12.0.